The average Bonchev–Trinajstić information content (AvgIpc) is 2.35. The van der Waals surface area contributed by atoms with Crippen LogP contribution in [0.4, 0.5) is 0 Å². The molecular formula is C15H14O3. The maximum Gasteiger partial charge on any atom is 0.376 e. The number of hydrogen-bond acceptors (Lipinski definition) is 2. The van der Waals surface area contributed by atoms with Crippen LogP contribution in [0.5, 0.6) is 0 Å². The molecule has 0 fully saturated rings. The van der Waals surface area contributed by atoms with Gasteiger partial charge in [0, 0.05) is 5.57 Å². The average molecular weight is 242 g/mol. The molecule has 0 amide bonds. The summed E-state index contributed by atoms with van der Waals surface area (Å²) in [4.78, 5) is 22.4. The number of aliphatic carboxylic acids is 1. The summed E-state index contributed by atoms with van der Waals surface area (Å²) < 4.78 is 0. The molecule has 92 valence electrons. The Kier molecular flexibility index (Phi) is 3.15. The molecule has 0 saturated carbocycles. The standard InChI is InChI=1S/C15H14O3/c1-9-7-11-5-3-4-6-12(11)13(8-9)10(2)14(16)15(17)18/h3-7H,8H2,1-2H3,(H,17,18). The van der Waals surface area contributed by atoms with Gasteiger partial charge in [-0.15, -0.1) is 0 Å². The Balaban J connectivity index is 2.60. The van der Waals surface area contributed by atoms with Crippen molar-refractivity contribution in [1.29, 1.82) is 0 Å². The van der Waals surface area contributed by atoms with Gasteiger partial charge in [0.05, 0.1) is 0 Å². The molecule has 3 heteroatoms. The molecule has 3 nitrogen and oxygen atoms in total. The molecule has 0 aromatic heterocycles. The molecule has 0 radical (unpaired) electrons. The SMILES string of the molecule is CC1=Cc2ccccc2C(=C(C)C(=O)C(=O)O)C1. The Morgan fingerprint density at radius 2 is 1.89 bits per heavy atom. The summed E-state index contributed by atoms with van der Waals surface area (Å²) in [6, 6.07) is 7.72. The molecule has 1 aromatic carbocycles. The van der Waals surface area contributed by atoms with E-state index in [1.807, 2.05) is 31.2 Å². The van der Waals surface area contributed by atoms with Crippen LogP contribution in [0.25, 0.3) is 11.6 Å². The highest BCUT2D eigenvalue weighted by Gasteiger charge is 2.21. The first kappa shape index (κ1) is 12.3. The molecule has 0 unspecified atom stereocenters. The zero-order valence-corrected chi connectivity index (χ0v) is 10.4. The van der Waals surface area contributed by atoms with E-state index in [0.29, 0.717) is 12.0 Å². The highest BCUT2D eigenvalue weighted by Crippen LogP contribution is 2.34. The maximum atomic E-state index is 11.6. The summed E-state index contributed by atoms with van der Waals surface area (Å²) >= 11 is 0. The molecule has 1 aliphatic carbocycles. The molecule has 0 aliphatic heterocycles. The molecule has 1 N–H and O–H groups in total. The number of Topliss-reactive ketones (excluding diaryl/α,β-unsaturated/α-hetero) is 1. The van der Waals surface area contributed by atoms with Crippen molar-refractivity contribution in [3.63, 3.8) is 0 Å². The van der Waals surface area contributed by atoms with E-state index in [1.54, 1.807) is 6.92 Å². The first-order valence-corrected chi connectivity index (χ1v) is 5.74. The predicted molar refractivity (Wildman–Crippen MR) is 69.9 cm³/mol. The third-order valence-corrected chi connectivity index (χ3v) is 3.13. The van der Waals surface area contributed by atoms with Gasteiger partial charge in [0.1, 0.15) is 0 Å². The molecule has 0 saturated heterocycles. The Morgan fingerprint density at radius 3 is 2.56 bits per heavy atom. The van der Waals surface area contributed by atoms with Gasteiger partial charge in [-0.25, -0.2) is 4.79 Å². The van der Waals surface area contributed by atoms with Gasteiger partial charge in [0.25, 0.3) is 5.78 Å². The van der Waals surface area contributed by atoms with Crippen LogP contribution in [-0.4, -0.2) is 16.9 Å². The van der Waals surface area contributed by atoms with Gasteiger partial charge < -0.3 is 5.11 Å². The Hall–Kier alpha value is -2.16. The Bertz CT molecular complexity index is 592. The Labute approximate surface area is 105 Å². The van der Waals surface area contributed by atoms with E-state index in [1.165, 1.54) is 0 Å². The molecule has 0 atom stereocenters. The molecule has 1 aliphatic rings. The monoisotopic (exact) mass is 242 g/mol. The van der Waals surface area contributed by atoms with E-state index < -0.39 is 11.8 Å². The van der Waals surface area contributed by atoms with Gasteiger partial charge in [-0.05, 0) is 37.0 Å². The third kappa shape index (κ3) is 2.12. The molecular weight excluding hydrogens is 228 g/mol. The van der Waals surface area contributed by atoms with Crippen LogP contribution in [0.2, 0.25) is 0 Å². The quantitative estimate of drug-likeness (QED) is 0.640. The van der Waals surface area contributed by atoms with Crippen molar-refractivity contribution >= 4 is 23.4 Å². The number of carbonyl (C=O) groups is 2. The number of fused-ring (bicyclic) bond motifs is 1. The van der Waals surface area contributed by atoms with Crippen molar-refractivity contribution in [1.82, 2.24) is 0 Å². The number of carboxylic acid groups (broad SMARTS) is 1. The number of carbonyl (C=O) groups excluding carboxylic acids is 1. The number of ketones is 1. The van der Waals surface area contributed by atoms with Crippen LogP contribution in [-0.2, 0) is 9.59 Å². The van der Waals surface area contributed by atoms with Crippen LogP contribution < -0.4 is 0 Å². The summed E-state index contributed by atoms with van der Waals surface area (Å²) in [5.41, 5.74) is 4.26. The summed E-state index contributed by atoms with van der Waals surface area (Å²) in [5, 5.41) is 8.80. The topological polar surface area (TPSA) is 54.4 Å². The van der Waals surface area contributed by atoms with Gasteiger partial charge in [-0.1, -0.05) is 35.9 Å². The minimum Gasteiger partial charge on any atom is -0.475 e. The second-order valence-electron chi connectivity index (χ2n) is 4.49. The number of allylic oxidation sites excluding steroid dienone is 2. The van der Waals surface area contributed by atoms with Crippen molar-refractivity contribution in [3.05, 3.63) is 46.5 Å². The van der Waals surface area contributed by atoms with E-state index in [2.05, 4.69) is 6.08 Å². The van der Waals surface area contributed by atoms with Crippen molar-refractivity contribution < 1.29 is 14.7 Å². The lowest BCUT2D eigenvalue weighted by Crippen LogP contribution is -2.15. The molecule has 0 bridgehead atoms. The van der Waals surface area contributed by atoms with Crippen LogP contribution in [0, 0.1) is 0 Å². The van der Waals surface area contributed by atoms with E-state index in [9.17, 15) is 9.59 Å². The molecule has 0 spiro atoms. The minimum absolute atomic E-state index is 0.322. The zero-order chi connectivity index (χ0) is 13.3. The van der Waals surface area contributed by atoms with Crippen LogP contribution in [0.1, 0.15) is 31.4 Å². The zero-order valence-electron chi connectivity index (χ0n) is 10.4. The minimum atomic E-state index is -1.40. The van der Waals surface area contributed by atoms with Crippen molar-refractivity contribution in [2.75, 3.05) is 0 Å². The van der Waals surface area contributed by atoms with Gasteiger partial charge in [-0.3, -0.25) is 4.79 Å². The highest BCUT2D eigenvalue weighted by atomic mass is 16.4. The van der Waals surface area contributed by atoms with Crippen molar-refractivity contribution in [3.8, 4) is 0 Å². The maximum absolute atomic E-state index is 11.6. The fraction of sp³-hybridized carbons (Fsp3) is 0.200. The third-order valence-electron chi connectivity index (χ3n) is 3.13. The lowest BCUT2D eigenvalue weighted by molar-refractivity contribution is -0.147. The molecule has 2 rings (SSSR count). The summed E-state index contributed by atoms with van der Waals surface area (Å²) in [7, 11) is 0. The van der Waals surface area contributed by atoms with Gasteiger partial charge in [0.2, 0.25) is 0 Å². The number of rotatable bonds is 2. The van der Waals surface area contributed by atoms with Crippen LogP contribution >= 0.6 is 0 Å². The summed E-state index contributed by atoms with van der Waals surface area (Å²) in [6.07, 6.45) is 2.69. The predicted octanol–water partition coefficient (Wildman–Crippen LogP) is 2.92. The fourth-order valence-electron chi connectivity index (χ4n) is 2.22. The highest BCUT2D eigenvalue weighted by molar-refractivity contribution is 6.41. The Morgan fingerprint density at radius 1 is 1.22 bits per heavy atom. The lowest BCUT2D eigenvalue weighted by atomic mass is 9.85. The van der Waals surface area contributed by atoms with E-state index >= 15 is 0 Å². The summed E-state index contributed by atoms with van der Waals surface area (Å²) in [5.74, 6) is -2.22. The van der Waals surface area contributed by atoms with Gasteiger partial charge in [0.15, 0.2) is 0 Å². The fourth-order valence-corrected chi connectivity index (χ4v) is 2.22. The number of carboxylic acids is 1. The van der Waals surface area contributed by atoms with E-state index in [4.69, 9.17) is 5.11 Å². The first-order valence-electron chi connectivity index (χ1n) is 5.74. The van der Waals surface area contributed by atoms with Gasteiger partial charge >= 0.3 is 5.97 Å². The second-order valence-corrected chi connectivity index (χ2v) is 4.49. The first-order chi connectivity index (χ1) is 8.50. The van der Waals surface area contributed by atoms with Crippen molar-refractivity contribution in [2.45, 2.75) is 20.3 Å². The summed E-state index contributed by atoms with van der Waals surface area (Å²) in [6.45, 7) is 3.57. The van der Waals surface area contributed by atoms with Crippen LogP contribution in [0.3, 0.4) is 0 Å². The van der Waals surface area contributed by atoms with Crippen molar-refractivity contribution in [2.24, 2.45) is 0 Å². The molecule has 0 heterocycles. The van der Waals surface area contributed by atoms with Gasteiger partial charge in [-0.2, -0.15) is 0 Å². The smallest absolute Gasteiger partial charge is 0.376 e. The number of hydrogen-bond donors (Lipinski definition) is 1. The normalized spacial score (nSPS) is 16.7. The number of benzene rings is 1. The molecule has 1 aromatic rings. The van der Waals surface area contributed by atoms with E-state index in [0.717, 1.165) is 22.3 Å². The van der Waals surface area contributed by atoms with Crippen LogP contribution in [0.15, 0.2) is 35.4 Å². The largest absolute Gasteiger partial charge is 0.475 e. The second kappa shape index (κ2) is 4.61. The molecule has 18 heavy (non-hydrogen) atoms. The lowest BCUT2D eigenvalue weighted by Gasteiger charge is -2.19. The van der Waals surface area contributed by atoms with E-state index in [-0.39, 0.29) is 0 Å².